The van der Waals surface area contributed by atoms with Gasteiger partial charge in [0.1, 0.15) is 0 Å². The lowest BCUT2D eigenvalue weighted by atomic mass is 10.2. The predicted molar refractivity (Wildman–Crippen MR) is 63.0 cm³/mol. The van der Waals surface area contributed by atoms with Crippen molar-refractivity contribution in [1.82, 2.24) is 15.5 Å². The van der Waals surface area contributed by atoms with E-state index in [4.69, 9.17) is 5.73 Å². The number of nitrogens with two attached hydrogens (primary N) is 1. The molecule has 16 heavy (non-hydrogen) atoms. The zero-order valence-corrected chi connectivity index (χ0v) is 10.4. The zero-order valence-electron chi connectivity index (χ0n) is 10.4. The molecule has 0 radical (unpaired) electrons. The number of hydrogen-bond acceptors (Lipinski definition) is 4. The molecule has 0 rings (SSSR count). The van der Waals surface area contributed by atoms with E-state index in [-0.39, 0.29) is 18.0 Å². The molecule has 0 aliphatic rings. The van der Waals surface area contributed by atoms with Gasteiger partial charge in [-0.25, -0.2) is 4.79 Å². The van der Waals surface area contributed by atoms with E-state index >= 15 is 0 Å². The van der Waals surface area contributed by atoms with Crippen LogP contribution in [0.2, 0.25) is 0 Å². The van der Waals surface area contributed by atoms with E-state index in [0.29, 0.717) is 13.1 Å². The number of imide groups is 1. The average molecular weight is 230 g/mol. The number of carbonyl (C=O) groups is 2. The molecule has 4 N–H and O–H groups in total. The molecule has 6 nitrogen and oxygen atoms in total. The van der Waals surface area contributed by atoms with Crippen LogP contribution in [0.1, 0.15) is 20.8 Å². The van der Waals surface area contributed by atoms with Crippen molar-refractivity contribution >= 4 is 11.9 Å². The van der Waals surface area contributed by atoms with Gasteiger partial charge in [-0.1, -0.05) is 0 Å². The van der Waals surface area contributed by atoms with Crippen LogP contribution in [0, 0.1) is 0 Å². The van der Waals surface area contributed by atoms with Gasteiger partial charge in [0.15, 0.2) is 0 Å². The van der Waals surface area contributed by atoms with Crippen LogP contribution in [-0.4, -0.2) is 49.1 Å². The Balaban J connectivity index is 4.22. The lowest BCUT2D eigenvalue weighted by Gasteiger charge is -2.28. The summed E-state index contributed by atoms with van der Waals surface area (Å²) in [6.07, 6.45) is 0. The van der Waals surface area contributed by atoms with Crippen molar-refractivity contribution in [2.45, 2.75) is 32.9 Å². The van der Waals surface area contributed by atoms with Crippen LogP contribution in [0.25, 0.3) is 0 Å². The van der Waals surface area contributed by atoms with Gasteiger partial charge in [0, 0.05) is 19.1 Å². The minimum Gasteiger partial charge on any atom is -0.338 e. The SMILES string of the molecule is CCNC(=O)NC(=O)C(C)N(C)C(C)CN. The summed E-state index contributed by atoms with van der Waals surface area (Å²) in [5.74, 6) is -0.325. The van der Waals surface area contributed by atoms with Crippen LogP contribution in [-0.2, 0) is 4.79 Å². The van der Waals surface area contributed by atoms with Crippen molar-refractivity contribution < 1.29 is 9.59 Å². The molecule has 0 aromatic carbocycles. The van der Waals surface area contributed by atoms with Crippen molar-refractivity contribution in [3.05, 3.63) is 0 Å². The van der Waals surface area contributed by atoms with Gasteiger partial charge in [0.2, 0.25) is 5.91 Å². The van der Waals surface area contributed by atoms with E-state index in [1.165, 1.54) is 0 Å². The molecule has 0 aromatic rings. The highest BCUT2D eigenvalue weighted by Gasteiger charge is 2.22. The second kappa shape index (κ2) is 7.19. The number of nitrogens with one attached hydrogen (secondary N) is 2. The van der Waals surface area contributed by atoms with E-state index in [9.17, 15) is 9.59 Å². The third kappa shape index (κ3) is 4.59. The number of rotatable bonds is 5. The molecule has 0 fully saturated rings. The minimum absolute atomic E-state index is 0.0926. The van der Waals surface area contributed by atoms with Crippen LogP contribution in [0.15, 0.2) is 0 Å². The van der Waals surface area contributed by atoms with Gasteiger partial charge in [0.25, 0.3) is 0 Å². The van der Waals surface area contributed by atoms with Gasteiger partial charge in [-0.15, -0.1) is 0 Å². The quantitative estimate of drug-likeness (QED) is 0.594. The molecule has 0 saturated carbocycles. The summed E-state index contributed by atoms with van der Waals surface area (Å²) in [4.78, 5) is 24.6. The fourth-order valence-corrected chi connectivity index (χ4v) is 1.15. The van der Waals surface area contributed by atoms with E-state index in [1.807, 2.05) is 11.8 Å². The molecule has 0 bridgehead atoms. The van der Waals surface area contributed by atoms with Crippen LogP contribution >= 0.6 is 0 Å². The second-order valence-corrected chi connectivity index (χ2v) is 3.77. The van der Waals surface area contributed by atoms with Gasteiger partial charge < -0.3 is 11.1 Å². The molecule has 0 spiro atoms. The number of likely N-dealkylation sites (N-methyl/N-ethyl adjacent to an activating group) is 1. The third-order valence-corrected chi connectivity index (χ3v) is 2.60. The first kappa shape index (κ1) is 14.9. The maximum atomic E-state index is 11.6. The van der Waals surface area contributed by atoms with E-state index < -0.39 is 6.03 Å². The largest absolute Gasteiger partial charge is 0.338 e. The third-order valence-electron chi connectivity index (χ3n) is 2.60. The van der Waals surface area contributed by atoms with Gasteiger partial charge in [-0.05, 0) is 27.8 Å². The Morgan fingerprint density at radius 2 is 1.94 bits per heavy atom. The monoisotopic (exact) mass is 230 g/mol. The Hall–Kier alpha value is -1.14. The highest BCUT2D eigenvalue weighted by molar-refractivity contribution is 5.96. The Morgan fingerprint density at radius 1 is 1.38 bits per heavy atom. The van der Waals surface area contributed by atoms with Crippen LogP contribution < -0.4 is 16.4 Å². The molecular formula is C10H22N4O2. The first-order chi connectivity index (χ1) is 7.43. The summed E-state index contributed by atoms with van der Waals surface area (Å²) < 4.78 is 0. The number of urea groups is 1. The van der Waals surface area contributed by atoms with E-state index in [1.54, 1.807) is 20.9 Å². The molecule has 94 valence electrons. The average Bonchev–Trinajstić information content (AvgIpc) is 2.26. The summed E-state index contributed by atoms with van der Waals surface area (Å²) in [6.45, 7) is 6.41. The van der Waals surface area contributed by atoms with Gasteiger partial charge >= 0.3 is 6.03 Å². The van der Waals surface area contributed by atoms with Crippen molar-refractivity contribution in [1.29, 1.82) is 0 Å². The Bertz CT molecular complexity index is 245. The molecule has 0 aliphatic heterocycles. The first-order valence-electron chi connectivity index (χ1n) is 5.44. The lowest BCUT2D eigenvalue weighted by Crippen LogP contribution is -2.51. The molecule has 0 saturated heterocycles. The maximum Gasteiger partial charge on any atom is 0.321 e. The normalized spacial score (nSPS) is 14.4. The van der Waals surface area contributed by atoms with Gasteiger partial charge in [-0.3, -0.25) is 15.0 Å². The Kier molecular flexibility index (Phi) is 6.67. The fraction of sp³-hybridized carbons (Fsp3) is 0.800. The number of carbonyl (C=O) groups excluding carboxylic acids is 2. The van der Waals surface area contributed by atoms with Crippen molar-refractivity contribution in [3.8, 4) is 0 Å². The molecule has 0 aromatic heterocycles. The van der Waals surface area contributed by atoms with E-state index in [2.05, 4.69) is 10.6 Å². The molecule has 0 aliphatic carbocycles. The molecule has 3 amide bonds. The standard InChI is InChI=1S/C10H22N4O2/c1-5-12-10(16)13-9(15)8(3)14(4)7(2)6-11/h7-8H,5-6,11H2,1-4H3,(H2,12,13,15,16). The van der Waals surface area contributed by atoms with Crippen LogP contribution in [0.3, 0.4) is 0 Å². The molecule has 0 heterocycles. The Morgan fingerprint density at radius 3 is 2.38 bits per heavy atom. The zero-order chi connectivity index (χ0) is 12.7. The predicted octanol–water partition coefficient (Wildman–Crippen LogP) is -0.500. The lowest BCUT2D eigenvalue weighted by molar-refractivity contribution is -0.124. The molecule has 2 atom stereocenters. The summed E-state index contributed by atoms with van der Waals surface area (Å²) >= 11 is 0. The highest BCUT2D eigenvalue weighted by Crippen LogP contribution is 2.01. The van der Waals surface area contributed by atoms with Gasteiger partial charge in [-0.2, -0.15) is 0 Å². The minimum atomic E-state index is -0.465. The summed E-state index contributed by atoms with van der Waals surface area (Å²) in [5, 5.41) is 4.77. The highest BCUT2D eigenvalue weighted by atomic mass is 16.2. The molecule has 2 unspecified atom stereocenters. The molecular weight excluding hydrogens is 208 g/mol. The topological polar surface area (TPSA) is 87.5 Å². The van der Waals surface area contributed by atoms with E-state index in [0.717, 1.165) is 0 Å². The van der Waals surface area contributed by atoms with Crippen molar-refractivity contribution in [3.63, 3.8) is 0 Å². The summed E-state index contributed by atoms with van der Waals surface area (Å²) in [5.41, 5.74) is 5.51. The first-order valence-corrected chi connectivity index (χ1v) is 5.44. The van der Waals surface area contributed by atoms with Gasteiger partial charge in [0.05, 0.1) is 6.04 Å². The van der Waals surface area contributed by atoms with Crippen LogP contribution in [0.5, 0.6) is 0 Å². The smallest absolute Gasteiger partial charge is 0.321 e. The summed E-state index contributed by atoms with van der Waals surface area (Å²) in [6, 6.07) is -0.760. The Labute approximate surface area is 96.5 Å². The second-order valence-electron chi connectivity index (χ2n) is 3.77. The van der Waals surface area contributed by atoms with Crippen LogP contribution in [0.4, 0.5) is 4.79 Å². The fourth-order valence-electron chi connectivity index (χ4n) is 1.15. The van der Waals surface area contributed by atoms with Crippen molar-refractivity contribution in [2.75, 3.05) is 20.1 Å². The number of amides is 3. The number of nitrogens with zero attached hydrogens (tertiary/aromatic N) is 1. The summed E-state index contributed by atoms with van der Waals surface area (Å²) in [7, 11) is 1.81. The van der Waals surface area contributed by atoms with Crippen molar-refractivity contribution in [2.24, 2.45) is 5.73 Å². The number of hydrogen-bond donors (Lipinski definition) is 3. The molecule has 6 heteroatoms. The maximum absolute atomic E-state index is 11.6.